The van der Waals surface area contributed by atoms with Crippen LogP contribution in [0.5, 0.6) is 5.75 Å². The molecular weight excluding hydrogens is 458 g/mol. The fourth-order valence-electron chi connectivity index (χ4n) is 4.92. The lowest BCUT2D eigenvalue weighted by Gasteiger charge is -2.45. The van der Waals surface area contributed by atoms with Gasteiger partial charge in [0.05, 0.1) is 29.0 Å². The van der Waals surface area contributed by atoms with Crippen LogP contribution in [0, 0.1) is 5.82 Å². The summed E-state index contributed by atoms with van der Waals surface area (Å²) in [6, 6.07) is 6.37. The Bertz CT molecular complexity index is 1180. The van der Waals surface area contributed by atoms with E-state index in [2.05, 4.69) is 25.5 Å². The standard InChI is InChI=1S/C24H26F2N6OS/c1-32(19-9-14-4-3-5-18(29-14)23(19)26)21-12-28-24(31-30-21)15-7-6-13(8-20(15)33)16-10-22(34-2)27-11-17(16)25/h6-8,10-12,14,18-19,23,29,33H,3-5,9H2,1-2H3/t14-,18+,19+,23-/m0/s1. The number of nitrogens with one attached hydrogen (secondary N) is 1. The van der Waals surface area contributed by atoms with Gasteiger partial charge in [0.1, 0.15) is 17.7 Å². The SMILES string of the molecule is CSc1cc(-c2ccc(-c3ncc(N(C)[C@@H]4C[C@@H]5CCC[C@@H](N5)[C@@H]4F)nn3)c(O)c2)c(F)cn1. The molecule has 2 saturated heterocycles. The van der Waals surface area contributed by atoms with E-state index in [0.717, 1.165) is 19.3 Å². The third-order valence-corrected chi connectivity index (χ3v) is 7.43. The normalized spacial score (nSPS) is 24.1. The first-order chi connectivity index (χ1) is 16.4. The molecular formula is C24H26F2N6OS. The van der Waals surface area contributed by atoms with Crippen molar-refractivity contribution < 1.29 is 13.9 Å². The van der Waals surface area contributed by atoms with Crippen molar-refractivity contribution in [1.29, 1.82) is 0 Å². The van der Waals surface area contributed by atoms with Crippen molar-refractivity contribution in [3.05, 3.63) is 42.5 Å². The maximum Gasteiger partial charge on any atom is 0.185 e. The number of anilines is 1. The summed E-state index contributed by atoms with van der Waals surface area (Å²) in [6.45, 7) is 0. The number of fused-ring (bicyclic) bond motifs is 2. The molecule has 4 heterocycles. The van der Waals surface area contributed by atoms with E-state index in [1.165, 1.54) is 24.0 Å². The van der Waals surface area contributed by atoms with E-state index >= 15 is 4.39 Å². The second-order valence-electron chi connectivity index (χ2n) is 8.84. The summed E-state index contributed by atoms with van der Waals surface area (Å²) >= 11 is 1.41. The fraction of sp³-hybridized carbons (Fsp3) is 0.417. The minimum absolute atomic E-state index is 0.0858. The van der Waals surface area contributed by atoms with Crippen LogP contribution in [0.2, 0.25) is 0 Å². The summed E-state index contributed by atoms with van der Waals surface area (Å²) in [5, 5.41) is 23.1. The predicted octanol–water partition coefficient (Wildman–Crippen LogP) is 4.22. The van der Waals surface area contributed by atoms with Crippen LogP contribution < -0.4 is 10.2 Å². The molecule has 1 aromatic carbocycles. The minimum atomic E-state index is -0.986. The Morgan fingerprint density at radius 1 is 1.12 bits per heavy atom. The number of aromatic nitrogens is 4. The number of piperidine rings is 2. The molecule has 7 nitrogen and oxygen atoms in total. The van der Waals surface area contributed by atoms with Crippen molar-refractivity contribution in [3.8, 4) is 28.3 Å². The van der Waals surface area contributed by atoms with Gasteiger partial charge in [-0.05, 0) is 49.3 Å². The molecule has 2 aliphatic rings. The number of hydrogen-bond donors (Lipinski definition) is 2. The quantitative estimate of drug-likeness (QED) is 0.521. The third kappa shape index (κ3) is 4.32. The largest absolute Gasteiger partial charge is 0.507 e. The van der Waals surface area contributed by atoms with Crippen LogP contribution in [0.3, 0.4) is 0 Å². The van der Waals surface area contributed by atoms with Gasteiger partial charge in [-0.1, -0.05) is 12.5 Å². The van der Waals surface area contributed by atoms with Crippen molar-refractivity contribution >= 4 is 17.6 Å². The van der Waals surface area contributed by atoms with E-state index in [1.54, 1.807) is 24.4 Å². The Hall–Kier alpha value is -2.85. The van der Waals surface area contributed by atoms with Gasteiger partial charge in [0.15, 0.2) is 11.6 Å². The van der Waals surface area contributed by atoms with Gasteiger partial charge in [-0.15, -0.1) is 22.0 Å². The molecule has 0 aliphatic carbocycles. The zero-order chi connectivity index (χ0) is 23.8. The van der Waals surface area contributed by atoms with Crippen molar-refractivity contribution in [2.45, 2.75) is 55.0 Å². The molecule has 2 bridgehead atoms. The molecule has 3 aromatic rings. The van der Waals surface area contributed by atoms with Gasteiger partial charge >= 0.3 is 0 Å². The first-order valence-corrected chi connectivity index (χ1v) is 12.5. The van der Waals surface area contributed by atoms with Crippen LogP contribution in [0.15, 0.2) is 41.7 Å². The number of thioether (sulfide) groups is 1. The number of aromatic hydroxyl groups is 1. The number of phenolic OH excluding ortho intramolecular Hbond substituents is 1. The average molecular weight is 485 g/mol. The molecule has 0 unspecified atom stereocenters. The first-order valence-electron chi connectivity index (χ1n) is 11.3. The second kappa shape index (κ2) is 9.42. The van der Waals surface area contributed by atoms with Crippen LogP contribution in [0.25, 0.3) is 22.5 Å². The second-order valence-corrected chi connectivity index (χ2v) is 9.66. The maximum absolute atomic E-state index is 15.1. The zero-order valence-electron chi connectivity index (χ0n) is 18.9. The van der Waals surface area contributed by atoms with Crippen LogP contribution in [0.4, 0.5) is 14.6 Å². The summed E-state index contributed by atoms with van der Waals surface area (Å²) in [6.07, 6.45) is 7.28. The van der Waals surface area contributed by atoms with Crippen molar-refractivity contribution in [1.82, 2.24) is 25.5 Å². The van der Waals surface area contributed by atoms with E-state index in [0.29, 0.717) is 40.0 Å². The molecule has 10 heteroatoms. The van der Waals surface area contributed by atoms with E-state index in [4.69, 9.17) is 0 Å². The summed E-state index contributed by atoms with van der Waals surface area (Å²) < 4.78 is 29.4. The first kappa shape index (κ1) is 22.9. The molecule has 0 saturated carbocycles. The van der Waals surface area contributed by atoms with E-state index in [9.17, 15) is 9.50 Å². The van der Waals surface area contributed by atoms with Gasteiger partial charge in [0.2, 0.25) is 0 Å². The number of hydrogen-bond acceptors (Lipinski definition) is 8. The summed E-state index contributed by atoms with van der Waals surface area (Å²) in [5.74, 6) is 0.164. The molecule has 34 heavy (non-hydrogen) atoms. The number of phenols is 1. The smallest absolute Gasteiger partial charge is 0.185 e. The van der Waals surface area contributed by atoms with Gasteiger partial charge in [-0.2, -0.15) is 0 Å². The molecule has 2 N–H and O–H groups in total. The summed E-state index contributed by atoms with van der Waals surface area (Å²) in [7, 11) is 1.82. The van der Waals surface area contributed by atoms with Crippen LogP contribution >= 0.6 is 11.8 Å². The topological polar surface area (TPSA) is 87.1 Å². The van der Waals surface area contributed by atoms with Crippen molar-refractivity contribution in [2.24, 2.45) is 0 Å². The molecule has 0 amide bonds. The Balaban J connectivity index is 1.36. The lowest BCUT2D eigenvalue weighted by atomic mass is 9.82. The van der Waals surface area contributed by atoms with E-state index < -0.39 is 12.0 Å². The molecule has 0 radical (unpaired) electrons. The number of alkyl halides is 1. The Labute approximate surface area is 201 Å². The number of pyridine rings is 1. The summed E-state index contributed by atoms with van der Waals surface area (Å²) in [4.78, 5) is 10.2. The Morgan fingerprint density at radius 3 is 2.71 bits per heavy atom. The highest BCUT2D eigenvalue weighted by molar-refractivity contribution is 7.98. The van der Waals surface area contributed by atoms with E-state index in [-0.39, 0.29) is 23.7 Å². The van der Waals surface area contributed by atoms with Crippen molar-refractivity contribution in [2.75, 3.05) is 18.2 Å². The predicted molar refractivity (Wildman–Crippen MR) is 128 cm³/mol. The zero-order valence-corrected chi connectivity index (χ0v) is 19.8. The Morgan fingerprint density at radius 2 is 1.97 bits per heavy atom. The molecule has 178 valence electrons. The lowest BCUT2D eigenvalue weighted by molar-refractivity contribution is 0.107. The molecule has 5 rings (SSSR count). The van der Waals surface area contributed by atoms with Gasteiger partial charge in [0.25, 0.3) is 0 Å². The lowest BCUT2D eigenvalue weighted by Crippen LogP contribution is -2.61. The number of nitrogens with zero attached hydrogens (tertiary/aromatic N) is 5. The molecule has 4 atom stereocenters. The summed E-state index contributed by atoms with van der Waals surface area (Å²) in [5.41, 5.74) is 1.25. The highest BCUT2D eigenvalue weighted by Crippen LogP contribution is 2.35. The van der Waals surface area contributed by atoms with Gasteiger partial charge in [-0.25, -0.2) is 18.7 Å². The Kier molecular flexibility index (Phi) is 6.35. The van der Waals surface area contributed by atoms with Gasteiger partial charge < -0.3 is 15.3 Å². The third-order valence-electron chi connectivity index (χ3n) is 6.79. The van der Waals surface area contributed by atoms with Crippen LogP contribution in [-0.4, -0.2) is 62.9 Å². The van der Waals surface area contributed by atoms with Crippen LogP contribution in [-0.2, 0) is 0 Å². The highest BCUT2D eigenvalue weighted by Gasteiger charge is 2.42. The fourth-order valence-corrected chi connectivity index (χ4v) is 5.31. The van der Waals surface area contributed by atoms with Gasteiger partial charge in [0, 0.05) is 24.7 Å². The highest BCUT2D eigenvalue weighted by atomic mass is 32.2. The van der Waals surface area contributed by atoms with Gasteiger partial charge in [-0.3, -0.25) is 0 Å². The number of benzene rings is 1. The average Bonchev–Trinajstić information content (AvgIpc) is 2.86. The maximum atomic E-state index is 15.1. The minimum Gasteiger partial charge on any atom is -0.507 e. The number of halogens is 2. The van der Waals surface area contributed by atoms with E-state index in [1.807, 2.05) is 18.2 Å². The molecule has 2 fully saturated rings. The van der Waals surface area contributed by atoms with Crippen molar-refractivity contribution in [3.63, 3.8) is 0 Å². The molecule has 0 spiro atoms. The number of rotatable bonds is 5. The van der Waals surface area contributed by atoms with Crippen LogP contribution in [0.1, 0.15) is 25.7 Å². The molecule has 2 aliphatic heterocycles. The monoisotopic (exact) mass is 484 g/mol. The molecule has 2 aromatic heterocycles.